The quantitative estimate of drug-likeness (QED) is 0.745. The molecule has 0 saturated carbocycles. The van der Waals surface area contributed by atoms with Crippen LogP contribution in [0.5, 0.6) is 0 Å². The maximum absolute atomic E-state index is 11.3. The Labute approximate surface area is 129 Å². The first kappa shape index (κ1) is 15.0. The highest BCUT2D eigenvalue weighted by Gasteiger charge is 2.12. The highest BCUT2D eigenvalue weighted by molar-refractivity contribution is 7.80. The summed E-state index contributed by atoms with van der Waals surface area (Å²) in [5, 5.41) is 9.28. The molecule has 0 aromatic heterocycles. The smallest absolute Gasteiger partial charge is 0.336 e. The van der Waals surface area contributed by atoms with Crippen molar-refractivity contribution in [2.24, 2.45) is 0 Å². The van der Waals surface area contributed by atoms with Gasteiger partial charge >= 0.3 is 5.97 Å². The summed E-state index contributed by atoms with van der Waals surface area (Å²) >= 11 is 8.64. The number of aromatic carboxylic acids is 1. The molecular weight excluding hydrogens is 288 g/mol. The van der Waals surface area contributed by atoms with Crippen molar-refractivity contribution in [3.8, 4) is 0 Å². The Bertz CT molecular complexity index is 655. The SMILES string of the molecule is Cc1cc(Cc2ccc(S)cc2C(=O)O)cc(C)c1S. The average molecular weight is 304 g/mol. The maximum atomic E-state index is 11.3. The first-order valence-corrected chi connectivity index (χ1v) is 7.12. The number of benzene rings is 2. The highest BCUT2D eigenvalue weighted by atomic mass is 32.1. The molecule has 2 nitrogen and oxygen atoms in total. The molecule has 0 bridgehead atoms. The molecule has 104 valence electrons. The Morgan fingerprint density at radius 2 is 1.70 bits per heavy atom. The van der Waals surface area contributed by atoms with Gasteiger partial charge in [0.05, 0.1) is 5.56 Å². The molecule has 0 aliphatic rings. The number of carboxylic acid groups (broad SMARTS) is 1. The molecule has 0 amide bonds. The van der Waals surface area contributed by atoms with Crippen LogP contribution in [0.4, 0.5) is 0 Å². The first-order valence-electron chi connectivity index (χ1n) is 6.22. The fourth-order valence-electron chi connectivity index (χ4n) is 2.29. The number of thiol groups is 2. The topological polar surface area (TPSA) is 37.3 Å². The molecule has 0 spiro atoms. The number of carboxylic acids is 1. The molecule has 0 fully saturated rings. The maximum Gasteiger partial charge on any atom is 0.336 e. The van der Waals surface area contributed by atoms with Crippen molar-refractivity contribution < 1.29 is 9.90 Å². The average Bonchev–Trinajstić information content (AvgIpc) is 2.37. The lowest BCUT2D eigenvalue weighted by atomic mass is 9.97. The molecule has 1 N–H and O–H groups in total. The summed E-state index contributed by atoms with van der Waals surface area (Å²) in [6.45, 7) is 4.02. The number of aryl methyl sites for hydroxylation is 2. The molecule has 2 rings (SSSR count). The molecule has 4 heteroatoms. The van der Waals surface area contributed by atoms with E-state index in [1.54, 1.807) is 6.07 Å². The third kappa shape index (κ3) is 3.19. The summed E-state index contributed by atoms with van der Waals surface area (Å²) in [5.41, 5.74) is 4.40. The van der Waals surface area contributed by atoms with E-state index in [0.717, 1.165) is 27.1 Å². The van der Waals surface area contributed by atoms with E-state index in [1.807, 2.05) is 26.0 Å². The summed E-state index contributed by atoms with van der Waals surface area (Å²) in [5.74, 6) is -0.921. The molecular formula is C16H16O2S2. The van der Waals surface area contributed by atoms with Crippen LogP contribution in [-0.2, 0) is 6.42 Å². The van der Waals surface area contributed by atoms with Crippen LogP contribution in [0.3, 0.4) is 0 Å². The Morgan fingerprint density at radius 3 is 2.25 bits per heavy atom. The van der Waals surface area contributed by atoms with E-state index in [2.05, 4.69) is 37.4 Å². The summed E-state index contributed by atoms with van der Waals surface area (Å²) < 4.78 is 0. The van der Waals surface area contributed by atoms with Gasteiger partial charge in [-0.15, -0.1) is 25.3 Å². The molecule has 2 aromatic rings. The summed E-state index contributed by atoms with van der Waals surface area (Å²) in [6, 6.07) is 9.33. The van der Waals surface area contributed by atoms with Crippen LogP contribution in [0.2, 0.25) is 0 Å². The van der Waals surface area contributed by atoms with E-state index in [-0.39, 0.29) is 0 Å². The third-order valence-electron chi connectivity index (χ3n) is 3.27. The van der Waals surface area contributed by atoms with E-state index < -0.39 is 5.97 Å². The van der Waals surface area contributed by atoms with Gasteiger partial charge in [0.15, 0.2) is 0 Å². The van der Waals surface area contributed by atoms with Crippen LogP contribution in [-0.4, -0.2) is 11.1 Å². The van der Waals surface area contributed by atoms with Gasteiger partial charge < -0.3 is 5.11 Å². The number of carbonyl (C=O) groups is 1. The van der Waals surface area contributed by atoms with Crippen LogP contribution in [0.15, 0.2) is 40.1 Å². The normalized spacial score (nSPS) is 10.6. The lowest BCUT2D eigenvalue weighted by Gasteiger charge is -2.11. The van der Waals surface area contributed by atoms with Gasteiger partial charge in [0.2, 0.25) is 0 Å². The van der Waals surface area contributed by atoms with Crippen LogP contribution in [0.25, 0.3) is 0 Å². The summed E-state index contributed by atoms with van der Waals surface area (Å²) in [7, 11) is 0. The second kappa shape index (κ2) is 5.94. The van der Waals surface area contributed by atoms with Gasteiger partial charge in [-0.05, 0) is 54.7 Å². The minimum Gasteiger partial charge on any atom is -0.478 e. The zero-order chi connectivity index (χ0) is 14.9. The molecule has 0 unspecified atom stereocenters. The minimum absolute atomic E-state index is 0.308. The molecule has 0 atom stereocenters. The van der Waals surface area contributed by atoms with Crippen LogP contribution in [0.1, 0.15) is 32.6 Å². The van der Waals surface area contributed by atoms with Crippen LogP contribution >= 0.6 is 25.3 Å². The van der Waals surface area contributed by atoms with Crippen LogP contribution in [0, 0.1) is 13.8 Å². The van der Waals surface area contributed by atoms with E-state index in [0.29, 0.717) is 16.9 Å². The lowest BCUT2D eigenvalue weighted by Crippen LogP contribution is -2.03. The van der Waals surface area contributed by atoms with Crippen LogP contribution < -0.4 is 0 Å². The number of rotatable bonds is 3. The Balaban J connectivity index is 2.42. The van der Waals surface area contributed by atoms with Gasteiger partial charge in [-0.3, -0.25) is 0 Å². The first-order chi connectivity index (χ1) is 9.38. The standard InChI is InChI=1S/C16H16O2S2/c1-9-5-11(6-10(2)15(9)20)7-12-3-4-13(19)8-14(12)16(17)18/h3-6,8,19-20H,7H2,1-2H3,(H,17,18). The second-order valence-electron chi connectivity index (χ2n) is 4.90. The molecule has 0 heterocycles. The largest absolute Gasteiger partial charge is 0.478 e. The van der Waals surface area contributed by atoms with E-state index in [9.17, 15) is 9.90 Å². The highest BCUT2D eigenvalue weighted by Crippen LogP contribution is 2.24. The fourth-order valence-corrected chi connectivity index (χ4v) is 2.62. The predicted molar refractivity (Wildman–Crippen MR) is 86.6 cm³/mol. The van der Waals surface area contributed by atoms with Gasteiger partial charge in [-0.2, -0.15) is 0 Å². The van der Waals surface area contributed by atoms with Crippen molar-refractivity contribution in [2.45, 2.75) is 30.1 Å². The van der Waals surface area contributed by atoms with E-state index in [4.69, 9.17) is 0 Å². The van der Waals surface area contributed by atoms with Gasteiger partial charge in [0, 0.05) is 9.79 Å². The van der Waals surface area contributed by atoms with Gasteiger partial charge in [-0.1, -0.05) is 18.2 Å². The van der Waals surface area contributed by atoms with Crippen molar-refractivity contribution in [1.82, 2.24) is 0 Å². The summed E-state index contributed by atoms with van der Waals surface area (Å²) in [6.07, 6.45) is 0.589. The molecule has 0 aliphatic heterocycles. The zero-order valence-electron chi connectivity index (χ0n) is 11.3. The molecule has 0 aliphatic carbocycles. The Morgan fingerprint density at radius 1 is 1.10 bits per heavy atom. The van der Waals surface area contributed by atoms with E-state index in [1.165, 1.54) is 0 Å². The monoisotopic (exact) mass is 304 g/mol. The van der Waals surface area contributed by atoms with Crippen molar-refractivity contribution in [3.05, 3.63) is 58.1 Å². The number of hydrogen-bond acceptors (Lipinski definition) is 3. The van der Waals surface area contributed by atoms with Crippen molar-refractivity contribution in [1.29, 1.82) is 0 Å². The van der Waals surface area contributed by atoms with Gasteiger partial charge in [0.25, 0.3) is 0 Å². The predicted octanol–water partition coefficient (Wildman–Crippen LogP) is 4.17. The Kier molecular flexibility index (Phi) is 4.45. The molecule has 20 heavy (non-hydrogen) atoms. The Hall–Kier alpha value is -1.39. The van der Waals surface area contributed by atoms with Crippen molar-refractivity contribution in [3.63, 3.8) is 0 Å². The molecule has 2 aromatic carbocycles. The second-order valence-corrected chi connectivity index (χ2v) is 5.87. The molecule has 0 saturated heterocycles. The van der Waals surface area contributed by atoms with Crippen molar-refractivity contribution >= 4 is 31.2 Å². The van der Waals surface area contributed by atoms with Gasteiger partial charge in [-0.25, -0.2) is 4.79 Å². The number of hydrogen-bond donors (Lipinski definition) is 3. The minimum atomic E-state index is -0.921. The lowest BCUT2D eigenvalue weighted by molar-refractivity contribution is 0.0695. The zero-order valence-corrected chi connectivity index (χ0v) is 13.1. The van der Waals surface area contributed by atoms with Crippen molar-refractivity contribution in [2.75, 3.05) is 0 Å². The fraction of sp³-hybridized carbons (Fsp3) is 0.188. The van der Waals surface area contributed by atoms with Gasteiger partial charge in [0.1, 0.15) is 0 Å². The molecule has 0 radical (unpaired) electrons. The summed E-state index contributed by atoms with van der Waals surface area (Å²) in [4.78, 5) is 12.9. The van der Waals surface area contributed by atoms with E-state index >= 15 is 0 Å². The third-order valence-corrected chi connectivity index (χ3v) is 4.25.